The molecule has 2 aliphatic rings. The van der Waals surface area contributed by atoms with E-state index in [1.54, 1.807) is 18.2 Å². The number of piperidine rings is 2. The van der Waals surface area contributed by atoms with Crippen LogP contribution in [0.15, 0.2) is 49.1 Å². The van der Waals surface area contributed by atoms with Gasteiger partial charge in [-0.15, -0.1) is 6.58 Å². The first-order valence-electron chi connectivity index (χ1n) is 14.5. The molecule has 4 rings (SSSR count). The first kappa shape index (κ1) is 34.0. The molecule has 8 nitrogen and oxygen atoms in total. The molecule has 0 N–H and O–H groups in total. The molecule has 0 saturated carbocycles. The molecule has 2 aliphatic heterocycles. The van der Waals surface area contributed by atoms with Crippen LogP contribution in [0, 0.1) is 12.7 Å². The van der Waals surface area contributed by atoms with Crippen LogP contribution in [-0.2, 0) is 20.2 Å². The molecule has 0 atom stereocenters. The van der Waals surface area contributed by atoms with E-state index in [1.807, 2.05) is 19.1 Å². The van der Waals surface area contributed by atoms with Crippen molar-refractivity contribution in [3.63, 3.8) is 0 Å². The van der Waals surface area contributed by atoms with Gasteiger partial charge in [0.25, 0.3) is 0 Å². The van der Waals surface area contributed by atoms with Crippen molar-refractivity contribution in [3.05, 3.63) is 71.6 Å². The number of nitrogens with zero attached hydrogens (tertiary/aromatic N) is 2. The minimum Gasteiger partial charge on any atom is -0.382 e. The van der Waals surface area contributed by atoms with Crippen molar-refractivity contribution >= 4 is 20.2 Å². The van der Waals surface area contributed by atoms with Crippen molar-refractivity contribution in [3.8, 4) is 11.5 Å². The summed E-state index contributed by atoms with van der Waals surface area (Å²) in [6.45, 7) is 13.9. The molecule has 234 valence electrons. The van der Waals surface area contributed by atoms with Gasteiger partial charge in [-0.05, 0) is 112 Å². The molecular formula is C31H45FN2O6S2. The van der Waals surface area contributed by atoms with Crippen LogP contribution in [-0.4, -0.2) is 78.4 Å². The summed E-state index contributed by atoms with van der Waals surface area (Å²) in [5, 5.41) is 0. The lowest BCUT2D eigenvalue weighted by Crippen LogP contribution is -2.33. The number of rotatable bonds is 10. The van der Waals surface area contributed by atoms with Crippen molar-refractivity contribution in [2.24, 2.45) is 0 Å². The molecule has 0 bridgehead atoms. The quantitative estimate of drug-likeness (QED) is 0.255. The summed E-state index contributed by atoms with van der Waals surface area (Å²) in [6.07, 6.45) is 8.99. The van der Waals surface area contributed by atoms with Crippen LogP contribution in [0.3, 0.4) is 0 Å². The largest absolute Gasteiger partial charge is 0.382 e. The Bertz CT molecular complexity index is 1400. The van der Waals surface area contributed by atoms with E-state index in [4.69, 9.17) is 8.37 Å². The highest BCUT2D eigenvalue weighted by atomic mass is 32.2. The Labute approximate surface area is 251 Å². The van der Waals surface area contributed by atoms with E-state index >= 15 is 0 Å². The second-order valence-corrected chi connectivity index (χ2v) is 14.3. The Kier molecular flexibility index (Phi) is 12.4. The normalized spacial score (nSPS) is 17.7. The number of benzene rings is 2. The van der Waals surface area contributed by atoms with Crippen LogP contribution in [0.5, 0.6) is 11.5 Å². The third kappa shape index (κ3) is 10.4. The molecule has 0 aliphatic carbocycles. The highest BCUT2D eigenvalue weighted by molar-refractivity contribution is 7.86. The van der Waals surface area contributed by atoms with Crippen LogP contribution in [0.4, 0.5) is 4.39 Å². The number of halogens is 1. The van der Waals surface area contributed by atoms with E-state index in [9.17, 15) is 21.2 Å². The van der Waals surface area contributed by atoms with Crippen LogP contribution >= 0.6 is 0 Å². The molecule has 0 spiro atoms. The first-order chi connectivity index (χ1) is 19.8. The third-order valence-corrected chi connectivity index (χ3v) is 8.75. The van der Waals surface area contributed by atoms with Gasteiger partial charge in [-0.3, -0.25) is 4.90 Å². The molecule has 2 heterocycles. The number of likely N-dealkylation sites (tertiary alicyclic amines) is 2. The van der Waals surface area contributed by atoms with E-state index in [0.29, 0.717) is 17.2 Å². The Balaban J connectivity index is 0.000000230. The van der Waals surface area contributed by atoms with Crippen molar-refractivity contribution in [2.75, 3.05) is 51.8 Å². The van der Waals surface area contributed by atoms with Gasteiger partial charge < -0.3 is 13.3 Å². The summed E-state index contributed by atoms with van der Waals surface area (Å²) in [5.74, 6) is 0.293. The zero-order valence-electron chi connectivity index (χ0n) is 25.2. The smallest absolute Gasteiger partial charge is 0.306 e. The number of hydrogen-bond acceptors (Lipinski definition) is 8. The summed E-state index contributed by atoms with van der Waals surface area (Å²) in [7, 11) is -7.19. The fourth-order valence-corrected chi connectivity index (χ4v) is 6.75. The molecule has 2 saturated heterocycles. The zero-order chi connectivity index (χ0) is 30.9. The van der Waals surface area contributed by atoms with E-state index < -0.39 is 26.1 Å². The van der Waals surface area contributed by atoms with E-state index in [-0.39, 0.29) is 11.7 Å². The molecule has 0 unspecified atom stereocenters. The maximum absolute atomic E-state index is 14.4. The Hall–Kier alpha value is -2.47. The monoisotopic (exact) mass is 624 g/mol. The van der Waals surface area contributed by atoms with Gasteiger partial charge in [0.05, 0.1) is 12.5 Å². The predicted molar refractivity (Wildman–Crippen MR) is 166 cm³/mol. The zero-order valence-corrected chi connectivity index (χ0v) is 26.9. The van der Waals surface area contributed by atoms with Crippen molar-refractivity contribution in [1.82, 2.24) is 9.80 Å². The lowest BCUT2D eigenvalue weighted by molar-refractivity contribution is 0.211. The first-order valence-corrected chi connectivity index (χ1v) is 18.2. The Morgan fingerprint density at radius 2 is 1.31 bits per heavy atom. The van der Waals surface area contributed by atoms with Gasteiger partial charge >= 0.3 is 20.2 Å². The van der Waals surface area contributed by atoms with Gasteiger partial charge in [0, 0.05) is 6.54 Å². The lowest BCUT2D eigenvalue weighted by atomic mass is 9.86. The van der Waals surface area contributed by atoms with Gasteiger partial charge in [0.1, 0.15) is 5.75 Å². The molecule has 2 fully saturated rings. The molecule has 42 heavy (non-hydrogen) atoms. The van der Waals surface area contributed by atoms with Crippen LogP contribution in [0.1, 0.15) is 67.6 Å². The Morgan fingerprint density at radius 3 is 1.83 bits per heavy atom. The lowest BCUT2D eigenvalue weighted by Gasteiger charge is -2.32. The second kappa shape index (κ2) is 15.3. The van der Waals surface area contributed by atoms with Crippen LogP contribution < -0.4 is 8.37 Å². The van der Waals surface area contributed by atoms with Gasteiger partial charge in [-0.1, -0.05) is 37.3 Å². The highest BCUT2D eigenvalue weighted by Gasteiger charge is 2.25. The average Bonchev–Trinajstić information content (AvgIpc) is 2.92. The molecule has 2 aromatic rings. The van der Waals surface area contributed by atoms with E-state index in [0.717, 1.165) is 89.4 Å². The maximum atomic E-state index is 14.4. The summed E-state index contributed by atoms with van der Waals surface area (Å²) in [5.41, 5.74) is 2.70. The van der Waals surface area contributed by atoms with Gasteiger partial charge in [0.2, 0.25) is 0 Å². The summed E-state index contributed by atoms with van der Waals surface area (Å²) in [6, 6.07) is 10.4. The second-order valence-electron chi connectivity index (χ2n) is 11.2. The topological polar surface area (TPSA) is 93.2 Å². The van der Waals surface area contributed by atoms with E-state index in [2.05, 4.69) is 29.4 Å². The number of hydrogen-bond donors (Lipinski definition) is 0. The SMILES string of the molecule is C=CCN1CCC(c2cccc(OS(C)(=O)=O)c2C)CC1.CCCN1CCC(c2cccc(OS(C)(=O)=O)c2F)CC1. The molecule has 0 amide bonds. The predicted octanol–water partition coefficient (Wildman–Crippen LogP) is 5.45. The van der Waals surface area contributed by atoms with Crippen LogP contribution in [0.25, 0.3) is 0 Å². The molecule has 0 aromatic heterocycles. The fraction of sp³-hybridized carbons (Fsp3) is 0.548. The highest BCUT2D eigenvalue weighted by Crippen LogP contribution is 2.35. The van der Waals surface area contributed by atoms with Crippen molar-refractivity contribution in [2.45, 2.75) is 57.8 Å². The molecule has 11 heteroatoms. The summed E-state index contributed by atoms with van der Waals surface area (Å²) < 4.78 is 69.2. The Morgan fingerprint density at radius 1 is 0.833 bits per heavy atom. The molecular weight excluding hydrogens is 579 g/mol. The van der Waals surface area contributed by atoms with Crippen LogP contribution in [0.2, 0.25) is 0 Å². The fourth-order valence-electron chi connectivity index (χ4n) is 5.79. The standard InChI is InChI=1S/C16H23NO3S.C15H22FNO3S/c1-4-10-17-11-8-14(9-12-17)15-6-5-7-16(13(15)2)20-21(3,18)19;1-3-9-17-10-7-12(8-11-17)13-5-4-6-14(15(13)16)20-21(2,18)19/h4-7,14H,1,8-12H2,2-3H3;4-6,12H,3,7-11H2,1-2H3. The average molecular weight is 625 g/mol. The van der Waals surface area contributed by atoms with Crippen molar-refractivity contribution in [1.29, 1.82) is 0 Å². The molecule has 2 aromatic carbocycles. The summed E-state index contributed by atoms with van der Waals surface area (Å²) >= 11 is 0. The van der Waals surface area contributed by atoms with Gasteiger partial charge in [-0.2, -0.15) is 16.8 Å². The molecule has 0 radical (unpaired) electrons. The maximum Gasteiger partial charge on any atom is 0.306 e. The van der Waals surface area contributed by atoms with E-state index in [1.165, 1.54) is 11.6 Å². The minimum absolute atomic E-state index is 0.126. The third-order valence-electron chi connectivity index (χ3n) is 7.78. The van der Waals surface area contributed by atoms with Gasteiger partial charge in [-0.25, -0.2) is 4.39 Å². The van der Waals surface area contributed by atoms with Gasteiger partial charge in [0.15, 0.2) is 11.6 Å². The summed E-state index contributed by atoms with van der Waals surface area (Å²) in [4.78, 5) is 4.76. The van der Waals surface area contributed by atoms with Crippen molar-refractivity contribution < 1.29 is 29.6 Å². The minimum atomic E-state index is -3.71.